The highest BCUT2D eigenvalue weighted by Gasteiger charge is 2.36. The lowest BCUT2D eigenvalue weighted by atomic mass is 9.83. The molecule has 6 nitrogen and oxygen atoms in total. The van der Waals surface area contributed by atoms with Gasteiger partial charge in [0.2, 0.25) is 0 Å². The summed E-state index contributed by atoms with van der Waals surface area (Å²) in [5, 5.41) is 2.77. The number of piperidine rings is 1. The first-order valence-electron chi connectivity index (χ1n) is 9.67. The number of furan rings is 1. The van der Waals surface area contributed by atoms with E-state index in [1.54, 1.807) is 41.5 Å². The number of aromatic nitrogens is 1. The zero-order chi connectivity index (χ0) is 20.0. The quantitative estimate of drug-likeness (QED) is 0.718. The molecule has 0 unspecified atom stereocenters. The van der Waals surface area contributed by atoms with Gasteiger partial charge in [0.1, 0.15) is 11.6 Å². The number of nitrogens with zero attached hydrogens (tertiary/aromatic N) is 2. The summed E-state index contributed by atoms with van der Waals surface area (Å²) in [6, 6.07) is 12.9. The minimum absolute atomic E-state index is 0.0511. The molecule has 2 atom stereocenters. The first kappa shape index (κ1) is 17.7. The second kappa shape index (κ2) is 6.92. The standard InChI is InChI=1S/C22H20FN3O3/c23-16-3-1-4-17(10-16)24-22(28)25-11-14-9-15(13-25)19-7-6-18(20-5-2-8-29-20)21(27)26(19)12-14/h1-8,10,14-15H,9,11-13H2,(H,24,28)/t14-,15+/m0/s1. The first-order chi connectivity index (χ1) is 14.1. The fourth-order valence-electron chi connectivity index (χ4n) is 4.50. The zero-order valence-electron chi connectivity index (χ0n) is 15.7. The number of likely N-dealkylation sites (tertiary alicyclic amines) is 1. The Balaban J connectivity index is 1.39. The Labute approximate surface area is 166 Å². The highest BCUT2D eigenvalue weighted by atomic mass is 19.1. The second-order valence-corrected chi connectivity index (χ2v) is 7.71. The Bertz CT molecular complexity index is 1120. The van der Waals surface area contributed by atoms with Gasteiger partial charge in [-0.15, -0.1) is 0 Å². The van der Waals surface area contributed by atoms with Gasteiger partial charge in [-0.05, 0) is 54.8 Å². The molecule has 4 heterocycles. The summed E-state index contributed by atoms with van der Waals surface area (Å²) in [5.41, 5.74) is 1.89. The van der Waals surface area contributed by atoms with Gasteiger partial charge in [-0.25, -0.2) is 9.18 Å². The van der Waals surface area contributed by atoms with Crippen LogP contribution in [0.3, 0.4) is 0 Å². The fourth-order valence-corrected chi connectivity index (χ4v) is 4.50. The average molecular weight is 393 g/mol. The summed E-state index contributed by atoms with van der Waals surface area (Å²) in [6.07, 6.45) is 2.51. The van der Waals surface area contributed by atoms with E-state index in [4.69, 9.17) is 4.42 Å². The van der Waals surface area contributed by atoms with E-state index >= 15 is 0 Å². The van der Waals surface area contributed by atoms with Gasteiger partial charge in [0.05, 0.1) is 11.8 Å². The predicted molar refractivity (Wildman–Crippen MR) is 106 cm³/mol. The smallest absolute Gasteiger partial charge is 0.321 e. The summed E-state index contributed by atoms with van der Waals surface area (Å²) in [5.74, 6) is 0.472. The molecule has 0 radical (unpaired) electrons. The Morgan fingerprint density at radius 2 is 2.00 bits per heavy atom. The van der Waals surface area contributed by atoms with Crippen molar-refractivity contribution in [2.45, 2.75) is 18.9 Å². The topological polar surface area (TPSA) is 67.5 Å². The first-order valence-corrected chi connectivity index (χ1v) is 9.67. The minimum atomic E-state index is -0.390. The molecule has 2 aliphatic rings. The molecule has 1 N–H and O–H groups in total. The molecular weight excluding hydrogens is 373 g/mol. The van der Waals surface area contributed by atoms with Gasteiger partial charge in [0.25, 0.3) is 5.56 Å². The van der Waals surface area contributed by atoms with Crippen molar-refractivity contribution in [2.75, 3.05) is 18.4 Å². The maximum atomic E-state index is 13.4. The SMILES string of the molecule is O=C(Nc1cccc(F)c1)N1C[C@@H]2C[C@H](C1)c1ccc(-c3ccco3)c(=O)n1C2. The van der Waals surface area contributed by atoms with Crippen molar-refractivity contribution in [1.82, 2.24) is 9.47 Å². The summed E-state index contributed by atoms with van der Waals surface area (Å²) >= 11 is 0. The van der Waals surface area contributed by atoms with Crippen molar-refractivity contribution in [1.29, 1.82) is 0 Å². The number of benzene rings is 1. The molecular formula is C22H20FN3O3. The highest BCUT2D eigenvalue weighted by Crippen LogP contribution is 2.36. The molecule has 0 saturated carbocycles. The van der Waals surface area contributed by atoms with Crippen LogP contribution in [0, 0.1) is 11.7 Å². The van der Waals surface area contributed by atoms with Gasteiger partial charge in [-0.3, -0.25) is 4.79 Å². The number of halogens is 1. The van der Waals surface area contributed by atoms with Crippen LogP contribution < -0.4 is 10.9 Å². The van der Waals surface area contributed by atoms with E-state index in [0.29, 0.717) is 36.6 Å². The molecule has 148 valence electrons. The number of carbonyl (C=O) groups is 1. The number of nitrogens with one attached hydrogen (secondary N) is 1. The van der Waals surface area contributed by atoms with E-state index in [2.05, 4.69) is 5.32 Å². The number of hydrogen-bond donors (Lipinski definition) is 1. The van der Waals surface area contributed by atoms with Crippen molar-refractivity contribution >= 4 is 11.7 Å². The number of fused-ring (bicyclic) bond motifs is 4. The number of anilines is 1. The molecule has 2 aromatic heterocycles. The molecule has 1 saturated heterocycles. The molecule has 0 spiro atoms. The maximum absolute atomic E-state index is 13.4. The Kier molecular flexibility index (Phi) is 4.23. The monoisotopic (exact) mass is 393 g/mol. The van der Waals surface area contributed by atoms with E-state index in [1.165, 1.54) is 12.1 Å². The molecule has 5 rings (SSSR count). The Morgan fingerprint density at radius 1 is 1.10 bits per heavy atom. The van der Waals surface area contributed by atoms with Crippen LogP contribution in [-0.4, -0.2) is 28.6 Å². The van der Waals surface area contributed by atoms with Crippen LogP contribution >= 0.6 is 0 Å². The number of amides is 2. The summed E-state index contributed by atoms with van der Waals surface area (Å²) in [4.78, 5) is 27.5. The van der Waals surface area contributed by atoms with Gasteiger partial charge < -0.3 is 19.2 Å². The highest BCUT2D eigenvalue weighted by molar-refractivity contribution is 5.89. The summed E-state index contributed by atoms with van der Waals surface area (Å²) in [7, 11) is 0. The lowest BCUT2D eigenvalue weighted by molar-refractivity contribution is 0.139. The molecule has 0 aliphatic carbocycles. The van der Waals surface area contributed by atoms with E-state index in [1.807, 2.05) is 10.6 Å². The lowest BCUT2D eigenvalue weighted by Gasteiger charge is -2.42. The number of urea groups is 1. The van der Waals surface area contributed by atoms with Crippen LogP contribution in [0.1, 0.15) is 18.0 Å². The third-order valence-corrected chi connectivity index (χ3v) is 5.75. The number of carbonyl (C=O) groups excluding carboxylic acids is 1. The van der Waals surface area contributed by atoms with Crippen LogP contribution in [0.5, 0.6) is 0 Å². The van der Waals surface area contributed by atoms with E-state index in [0.717, 1.165) is 12.1 Å². The Hall–Kier alpha value is -3.35. The second-order valence-electron chi connectivity index (χ2n) is 7.71. The van der Waals surface area contributed by atoms with Gasteiger partial charge in [-0.2, -0.15) is 0 Å². The summed E-state index contributed by atoms with van der Waals surface area (Å²) < 4.78 is 20.6. The molecule has 2 bridgehead atoms. The molecule has 3 aromatic rings. The van der Waals surface area contributed by atoms with Gasteiger partial charge in [-0.1, -0.05) is 6.07 Å². The van der Waals surface area contributed by atoms with Crippen molar-refractivity contribution in [3.8, 4) is 11.3 Å². The van der Waals surface area contributed by atoms with Gasteiger partial charge in [0, 0.05) is 36.9 Å². The van der Waals surface area contributed by atoms with E-state index in [9.17, 15) is 14.0 Å². The molecule has 1 fully saturated rings. The van der Waals surface area contributed by atoms with E-state index in [-0.39, 0.29) is 29.2 Å². The predicted octanol–water partition coefficient (Wildman–Crippen LogP) is 3.90. The van der Waals surface area contributed by atoms with Crippen molar-refractivity contribution < 1.29 is 13.6 Å². The lowest BCUT2D eigenvalue weighted by Crippen LogP contribution is -2.50. The normalized spacial score (nSPS) is 20.2. The van der Waals surface area contributed by atoms with Crippen molar-refractivity contribution in [3.05, 3.63) is 76.7 Å². The maximum Gasteiger partial charge on any atom is 0.321 e. The molecule has 7 heteroatoms. The zero-order valence-corrected chi connectivity index (χ0v) is 15.7. The third kappa shape index (κ3) is 3.22. The van der Waals surface area contributed by atoms with E-state index < -0.39 is 0 Å². The largest absolute Gasteiger partial charge is 0.464 e. The van der Waals surface area contributed by atoms with Crippen LogP contribution in [0.25, 0.3) is 11.3 Å². The third-order valence-electron chi connectivity index (χ3n) is 5.75. The molecule has 1 aromatic carbocycles. The van der Waals surface area contributed by atoms with Crippen LogP contribution in [0.2, 0.25) is 0 Å². The number of pyridine rings is 1. The van der Waals surface area contributed by atoms with Crippen molar-refractivity contribution in [3.63, 3.8) is 0 Å². The van der Waals surface area contributed by atoms with Crippen LogP contribution in [0.15, 0.2) is 64.0 Å². The van der Waals surface area contributed by atoms with Crippen molar-refractivity contribution in [2.24, 2.45) is 5.92 Å². The minimum Gasteiger partial charge on any atom is -0.464 e. The number of hydrogen-bond acceptors (Lipinski definition) is 3. The molecule has 2 aliphatic heterocycles. The Morgan fingerprint density at radius 3 is 2.79 bits per heavy atom. The average Bonchev–Trinajstić information content (AvgIpc) is 3.23. The molecule has 29 heavy (non-hydrogen) atoms. The molecule has 2 amide bonds. The summed E-state index contributed by atoms with van der Waals surface area (Å²) in [6.45, 7) is 1.66. The van der Waals surface area contributed by atoms with Gasteiger partial charge >= 0.3 is 6.03 Å². The van der Waals surface area contributed by atoms with Gasteiger partial charge in [0.15, 0.2) is 0 Å². The van der Waals surface area contributed by atoms with Crippen LogP contribution in [0.4, 0.5) is 14.9 Å². The number of rotatable bonds is 2. The van der Waals surface area contributed by atoms with Crippen LogP contribution in [-0.2, 0) is 6.54 Å². The fraction of sp³-hybridized carbons (Fsp3) is 0.273.